The summed E-state index contributed by atoms with van der Waals surface area (Å²) in [5, 5.41) is 42.4. The van der Waals surface area contributed by atoms with Gasteiger partial charge in [-0.3, -0.25) is 4.79 Å². The van der Waals surface area contributed by atoms with E-state index in [0.717, 1.165) is 51.4 Å². The summed E-state index contributed by atoms with van der Waals surface area (Å²) in [6.45, 7) is 11.0. The minimum absolute atomic E-state index is 0.00328. The van der Waals surface area contributed by atoms with Gasteiger partial charge in [0, 0.05) is 5.41 Å². The van der Waals surface area contributed by atoms with Crippen molar-refractivity contribution in [2.45, 2.75) is 111 Å². The molecular weight excluding hydrogens is 584 g/mol. The predicted octanol–water partition coefficient (Wildman–Crippen LogP) is 6.76. The molecule has 4 fully saturated rings. The van der Waals surface area contributed by atoms with Gasteiger partial charge in [-0.15, -0.1) is 0 Å². The van der Waals surface area contributed by atoms with Gasteiger partial charge < -0.3 is 29.9 Å². The van der Waals surface area contributed by atoms with Crippen LogP contribution in [0.15, 0.2) is 29.8 Å². The zero-order chi connectivity index (χ0) is 33.4. The topological polar surface area (TPSA) is 134 Å². The van der Waals surface area contributed by atoms with Crippen LogP contribution in [0.5, 0.6) is 11.5 Å². The van der Waals surface area contributed by atoms with Gasteiger partial charge in [-0.25, -0.2) is 4.79 Å². The molecule has 11 atom stereocenters. The fourth-order valence-corrected chi connectivity index (χ4v) is 12.1. The molecule has 8 nitrogen and oxygen atoms in total. The van der Waals surface area contributed by atoms with Crippen LogP contribution < -0.4 is 4.74 Å². The average molecular weight is 639 g/mol. The number of carbonyl (C=O) groups is 2. The van der Waals surface area contributed by atoms with E-state index in [4.69, 9.17) is 9.47 Å². The van der Waals surface area contributed by atoms with E-state index in [-0.39, 0.29) is 51.8 Å². The zero-order valence-electron chi connectivity index (χ0n) is 28.5. The van der Waals surface area contributed by atoms with Gasteiger partial charge in [-0.2, -0.15) is 0 Å². The number of fused-ring (bicyclic) bond motifs is 6. The molecule has 0 unspecified atom stereocenters. The minimum Gasteiger partial charge on any atom is -0.504 e. The number of phenols is 1. The third kappa shape index (κ3) is 4.67. The molecule has 6 rings (SSSR count). The Kier molecular flexibility index (Phi) is 8.15. The third-order valence-electron chi connectivity index (χ3n) is 14.8. The summed E-state index contributed by atoms with van der Waals surface area (Å²) < 4.78 is 11.2. The molecule has 0 heterocycles. The van der Waals surface area contributed by atoms with Crippen LogP contribution in [0, 0.1) is 50.7 Å². The van der Waals surface area contributed by atoms with Crippen molar-refractivity contribution in [2.24, 2.45) is 50.7 Å². The number of aliphatic carboxylic acids is 1. The number of hydrogen-bond donors (Lipinski definition) is 4. The van der Waals surface area contributed by atoms with Crippen LogP contribution in [0.2, 0.25) is 0 Å². The number of hydrogen-bond acceptors (Lipinski definition) is 7. The molecule has 254 valence electrons. The molecule has 46 heavy (non-hydrogen) atoms. The highest BCUT2D eigenvalue weighted by atomic mass is 16.5. The molecule has 1 aromatic carbocycles. The largest absolute Gasteiger partial charge is 0.504 e. The maximum Gasteiger partial charge on any atom is 0.338 e. The van der Waals surface area contributed by atoms with Crippen LogP contribution >= 0.6 is 0 Å². The lowest BCUT2D eigenvalue weighted by Gasteiger charge is -2.63. The molecular formula is C38H54O8. The van der Waals surface area contributed by atoms with E-state index in [1.165, 1.54) is 30.9 Å². The molecule has 0 bridgehead atoms. The molecule has 0 aliphatic heterocycles. The first-order valence-electron chi connectivity index (χ1n) is 17.4. The second-order valence-corrected chi connectivity index (χ2v) is 16.8. The van der Waals surface area contributed by atoms with E-state index < -0.39 is 35.0 Å². The first kappa shape index (κ1) is 33.3. The third-order valence-corrected chi connectivity index (χ3v) is 14.8. The number of allylic oxidation sites excluding steroid dienone is 2. The molecule has 0 radical (unpaired) electrons. The van der Waals surface area contributed by atoms with Gasteiger partial charge in [0.15, 0.2) is 11.5 Å². The predicted molar refractivity (Wildman–Crippen MR) is 173 cm³/mol. The summed E-state index contributed by atoms with van der Waals surface area (Å²) in [6.07, 6.45) is 9.73. The number of benzene rings is 1. The van der Waals surface area contributed by atoms with Crippen LogP contribution in [-0.2, 0) is 9.53 Å². The Labute approximate surface area is 273 Å². The molecule has 5 aliphatic carbocycles. The lowest BCUT2D eigenvalue weighted by molar-refractivity contribution is -0.200. The van der Waals surface area contributed by atoms with Crippen molar-refractivity contribution in [3.63, 3.8) is 0 Å². The van der Waals surface area contributed by atoms with Gasteiger partial charge in [0.2, 0.25) is 0 Å². The average Bonchev–Trinajstić information content (AvgIpc) is 3.18. The summed E-state index contributed by atoms with van der Waals surface area (Å²) in [7, 11) is 1.41. The van der Waals surface area contributed by atoms with Crippen LogP contribution in [0.3, 0.4) is 0 Å². The standard InChI is InChI=1S/C38H54O8/c1-34-16-13-29-36(3,18-15-31(38(29,5)33(43)44)46-32(42)22-7-10-25(40)26(19-22)45-6)27(34)12-9-24-23(20-34)8-11-28-35(24,2)17-14-30(41)37(28,4)21-39/h7-8,10,19,24,27-31,39-41H,9,11-18,20-21H2,1-6H3,(H,43,44)/t24-,27-,28+,29+,30+,31-,34-,35+,36+,37+,38+/m0/s1. The first-order chi connectivity index (χ1) is 21.6. The number of rotatable bonds is 5. The Bertz CT molecular complexity index is 1420. The summed E-state index contributed by atoms with van der Waals surface area (Å²) in [5.74, 6) is -0.683. The van der Waals surface area contributed by atoms with Crippen molar-refractivity contribution in [1.82, 2.24) is 0 Å². The SMILES string of the molecule is COc1cc(C(=O)O[C@H]2CC[C@@]3(C)[C@@H](CC[C@@]4(C)CC5=CC[C@@H]6[C@](C)(CC[C@@H](O)[C@]6(C)CO)[C@H]5CC[C@@H]43)[C@@]2(C)C(=O)O)ccc1O. The molecule has 5 aliphatic rings. The zero-order valence-corrected chi connectivity index (χ0v) is 28.5. The van der Waals surface area contributed by atoms with Crippen molar-refractivity contribution >= 4 is 11.9 Å². The highest BCUT2D eigenvalue weighted by Crippen LogP contribution is 2.70. The Morgan fingerprint density at radius 1 is 0.913 bits per heavy atom. The van der Waals surface area contributed by atoms with E-state index in [1.807, 2.05) is 0 Å². The minimum atomic E-state index is -1.25. The van der Waals surface area contributed by atoms with Gasteiger partial charge in [0.25, 0.3) is 0 Å². The lowest BCUT2D eigenvalue weighted by Crippen LogP contribution is -2.62. The van der Waals surface area contributed by atoms with Crippen molar-refractivity contribution in [3.8, 4) is 11.5 Å². The van der Waals surface area contributed by atoms with Crippen molar-refractivity contribution in [3.05, 3.63) is 35.4 Å². The van der Waals surface area contributed by atoms with Gasteiger partial charge >= 0.3 is 11.9 Å². The number of esters is 1. The van der Waals surface area contributed by atoms with Gasteiger partial charge in [0.1, 0.15) is 11.5 Å². The summed E-state index contributed by atoms with van der Waals surface area (Å²) >= 11 is 0. The van der Waals surface area contributed by atoms with Gasteiger partial charge in [-0.05, 0) is 129 Å². The molecule has 4 saturated carbocycles. The van der Waals surface area contributed by atoms with Crippen molar-refractivity contribution < 1.29 is 39.5 Å². The monoisotopic (exact) mass is 638 g/mol. The normalized spacial score (nSPS) is 45.1. The quantitative estimate of drug-likeness (QED) is 0.206. The maximum absolute atomic E-state index is 13.4. The number of aromatic hydroxyl groups is 1. The first-order valence-corrected chi connectivity index (χ1v) is 17.4. The smallest absolute Gasteiger partial charge is 0.338 e. The molecule has 8 heteroatoms. The Hall–Kier alpha value is -2.58. The van der Waals surface area contributed by atoms with Crippen molar-refractivity contribution in [1.29, 1.82) is 0 Å². The fourth-order valence-electron chi connectivity index (χ4n) is 12.1. The number of aliphatic hydroxyl groups is 2. The Morgan fingerprint density at radius 3 is 2.30 bits per heavy atom. The number of methoxy groups -OCH3 is 1. The summed E-state index contributed by atoms with van der Waals surface area (Å²) in [4.78, 5) is 26.6. The number of aliphatic hydroxyl groups excluding tert-OH is 2. The molecule has 0 aromatic heterocycles. The molecule has 0 spiro atoms. The maximum atomic E-state index is 13.4. The molecule has 0 amide bonds. The number of carboxylic acid groups (broad SMARTS) is 1. The second kappa shape index (κ2) is 11.3. The Morgan fingerprint density at radius 2 is 1.63 bits per heavy atom. The van der Waals surface area contributed by atoms with Crippen LogP contribution in [0.1, 0.15) is 109 Å². The second-order valence-electron chi connectivity index (χ2n) is 16.8. The van der Waals surface area contributed by atoms with E-state index in [1.54, 1.807) is 6.92 Å². The van der Waals surface area contributed by atoms with Crippen molar-refractivity contribution in [2.75, 3.05) is 13.7 Å². The number of ether oxygens (including phenoxy) is 2. The van der Waals surface area contributed by atoms with E-state index in [0.29, 0.717) is 24.7 Å². The number of phenolic OH excluding ortho intramolecular Hbond substituents is 1. The summed E-state index contributed by atoms with van der Waals surface area (Å²) in [6, 6.07) is 4.28. The number of carbonyl (C=O) groups excluding carboxylic acids is 1. The molecule has 1 aromatic rings. The van der Waals surface area contributed by atoms with E-state index >= 15 is 0 Å². The van der Waals surface area contributed by atoms with Crippen LogP contribution in [0.25, 0.3) is 0 Å². The van der Waals surface area contributed by atoms with Gasteiger partial charge in [-0.1, -0.05) is 39.3 Å². The fraction of sp³-hybridized carbons (Fsp3) is 0.737. The highest BCUT2D eigenvalue weighted by Gasteiger charge is 2.67. The van der Waals surface area contributed by atoms with Crippen LogP contribution in [0.4, 0.5) is 0 Å². The van der Waals surface area contributed by atoms with Gasteiger partial charge in [0.05, 0.1) is 25.4 Å². The van der Waals surface area contributed by atoms with Crippen LogP contribution in [-0.4, -0.2) is 58.3 Å². The highest BCUT2D eigenvalue weighted by molar-refractivity contribution is 5.90. The lowest BCUT2D eigenvalue weighted by atomic mass is 9.41. The number of carboxylic acids is 1. The van der Waals surface area contributed by atoms with E-state index in [9.17, 15) is 30.0 Å². The Balaban J connectivity index is 1.29. The molecule has 4 N–H and O–H groups in total. The molecule has 0 saturated heterocycles. The van der Waals surface area contributed by atoms with E-state index in [2.05, 4.69) is 33.8 Å². The summed E-state index contributed by atoms with van der Waals surface area (Å²) in [5.41, 5.74) is -0.205.